The maximum atomic E-state index is 12.3. The van der Waals surface area contributed by atoms with Gasteiger partial charge in [0.1, 0.15) is 22.8 Å². The number of carbonyl (C=O) groups is 1. The van der Waals surface area contributed by atoms with Gasteiger partial charge in [0.05, 0.1) is 79.9 Å². The number of para-hydroxylation sites is 1. The molecule has 7 aromatic heterocycles. The number of aryl methyl sites for hydroxylation is 4. The van der Waals surface area contributed by atoms with Crippen molar-refractivity contribution in [2.45, 2.75) is 65.5 Å². The highest BCUT2D eigenvalue weighted by Crippen LogP contribution is 2.35. The Labute approximate surface area is 524 Å². The van der Waals surface area contributed by atoms with Gasteiger partial charge in [0.15, 0.2) is 9.84 Å². The molecule has 0 saturated carbocycles. The van der Waals surface area contributed by atoms with E-state index in [9.17, 15) is 13.2 Å². The van der Waals surface area contributed by atoms with E-state index in [2.05, 4.69) is 74.0 Å². The van der Waals surface area contributed by atoms with Gasteiger partial charge in [-0.2, -0.15) is 0 Å². The van der Waals surface area contributed by atoms with Crippen molar-refractivity contribution in [1.29, 1.82) is 0 Å². The van der Waals surface area contributed by atoms with Gasteiger partial charge >= 0.3 is 6.01 Å². The zero-order valence-electron chi connectivity index (χ0n) is 51.3. The summed E-state index contributed by atoms with van der Waals surface area (Å²) in [5.41, 5.74) is 13.9. The molecule has 7 heterocycles. The Bertz CT molecular complexity index is 4460. The van der Waals surface area contributed by atoms with Crippen molar-refractivity contribution in [2.24, 2.45) is 0 Å². The van der Waals surface area contributed by atoms with E-state index in [0.717, 1.165) is 60.9 Å². The summed E-state index contributed by atoms with van der Waals surface area (Å²) in [5, 5.41) is 28.4. The molecule has 0 aliphatic heterocycles. The van der Waals surface area contributed by atoms with Gasteiger partial charge in [-0.3, -0.25) is 25.1 Å². The van der Waals surface area contributed by atoms with Crippen molar-refractivity contribution in [3.63, 3.8) is 0 Å². The lowest BCUT2D eigenvalue weighted by Crippen LogP contribution is -2.13. The predicted octanol–water partition coefficient (Wildman–Crippen LogP) is 13.6. The largest absolute Gasteiger partial charge is 0.493 e. The molecule has 0 aliphatic rings. The monoisotopic (exact) mass is 1240 g/mol. The van der Waals surface area contributed by atoms with Crippen LogP contribution in [0.2, 0.25) is 0 Å². The molecule has 0 atom stereocenters. The van der Waals surface area contributed by atoms with Crippen molar-refractivity contribution in [2.75, 3.05) is 40.1 Å². The van der Waals surface area contributed by atoms with Crippen LogP contribution < -0.4 is 10.1 Å². The third-order valence-corrected chi connectivity index (χ3v) is 16.9. The molecule has 0 unspecified atom stereocenters. The fourth-order valence-electron chi connectivity index (χ4n) is 8.52. The first-order valence-electron chi connectivity index (χ1n) is 27.9. The minimum Gasteiger partial charge on any atom is -0.493 e. The molecule has 0 saturated heterocycles. The number of hydrogen-bond donors (Lipinski definition) is 1. The maximum Gasteiger partial charge on any atom is 0.322 e. The van der Waals surface area contributed by atoms with E-state index in [4.69, 9.17) is 23.0 Å². The fraction of sp³-hybridized carbons (Fsp3) is 0.215. The molecule has 0 spiro atoms. The summed E-state index contributed by atoms with van der Waals surface area (Å²) in [6, 6.07) is 32.2. The van der Waals surface area contributed by atoms with E-state index < -0.39 is 15.1 Å². The van der Waals surface area contributed by atoms with Crippen molar-refractivity contribution >= 4 is 44.5 Å². The average molecular weight is 1240 g/mol. The van der Waals surface area contributed by atoms with Crippen LogP contribution in [0, 0.1) is 27.7 Å². The molecular weight excluding hydrogens is 1170 g/mol. The van der Waals surface area contributed by atoms with Gasteiger partial charge < -0.3 is 27.8 Å². The maximum absolute atomic E-state index is 12.3. The zero-order valence-corrected chi connectivity index (χ0v) is 52.9. The van der Waals surface area contributed by atoms with Crippen LogP contribution in [0.5, 0.6) is 5.75 Å². The third-order valence-electron chi connectivity index (χ3n) is 13.7. The number of benzene rings is 4. The fourth-order valence-corrected chi connectivity index (χ4v) is 10.4. The molecule has 0 radical (unpaired) electrons. The van der Waals surface area contributed by atoms with E-state index >= 15 is 0 Å². The quantitative estimate of drug-likeness (QED) is 0.0887. The summed E-state index contributed by atoms with van der Waals surface area (Å²) in [5.74, 6) is 2.04. The second-order valence-corrected chi connectivity index (χ2v) is 24.2. The number of aromatic nitrogens is 12. The van der Waals surface area contributed by atoms with Crippen LogP contribution in [0.1, 0.15) is 65.7 Å². The average Bonchev–Trinajstić information content (AvgIpc) is 1.44. The highest BCUT2D eigenvalue weighted by molar-refractivity contribution is 7.92. The van der Waals surface area contributed by atoms with E-state index in [-0.39, 0.29) is 27.0 Å². The number of amides is 1. The number of ether oxygens (including phenoxy) is 1. The van der Waals surface area contributed by atoms with Crippen molar-refractivity contribution < 1.29 is 35.5 Å². The van der Waals surface area contributed by atoms with Crippen LogP contribution in [0.15, 0.2) is 158 Å². The minimum absolute atomic E-state index is 0. The molecule has 11 aromatic rings. The number of hydrogen-bond acceptors (Lipinski definition) is 22. The van der Waals surface area contributed by atoms with Gasteiger partial charge in [0.25, 0.3) is 29.5 Å². The van der Waals surface area contributed by atoms with Crippen LogP contribution >= 0.6 is 11.3 Å². The number of thiophene rings is 1. The van der Waals surface area contributed by atoms with Crippen LogP contribution in [0.3, 0.4) is 0 Å². The van der Waals surface area contributed by atoms with Gasteiger partial charge in [-0.15, -0.1) is 36.8 Å². The Balaban J connectivity index is 0.000000216. The lowest BCUT2D eigenvalue weighted by Gasteiger charge is -2.16. The molecule has 24 heteroatoms. The lowest BCUT2D eigenvalue weighted by atomic mass is 10.1. The van der Waals surface area contributed by atoms with Gasteiger partial charge in [-0.1, -0.05) is 91.1 Å². The molecule has 0 fully saturated rings. The second kappa shape index (κ2) is 27.5. The van der Waals surface area contributed by atoms with E-state index in [0.29, 0.717) is 81.5 Å². The Kier molecular flexibility index (Phi) is 19.5. The van der Waals surface area contributed by atoms with Crippen molar-refractivity contribution in [3.05, 3.63) is 174 Å². The number of rotatable bonds is 17. The van der Waals surface area contributed by atoms with E-state index in [1.165, 1.54) is 18.3 Å². The smallest absolute Gasteiger partial charge is 0.322 e. The van der Waals surface area contributed by atoms with Crippen LogP contribution in [0.4, 0.5) is 6.01 Å². The number of anilines is 1. The van der Waals surface area contributed by atoms with Crippen LogP contribution in [-0.4, -0.2) is 125 Å². The first-order chi connectivity index (χ1) is 42.6. The van der Waals surface area contributed by atoms with Crippen LogP contribution in [-0.2, 0) is 14.6 Å². The Morgan fingerprint density at radius 1 is 0.596 bits per heavy atom. The number of nitrogens with one attached hydrogen (secondary N) is 1. The molecule has 1 amide bonds. The predicted molar refractivity (Wildman–Crippen MR) is 350 cm³/mol. The number of sulfone groups is 1. The highest BCUT2D eigenvalue weighted by atomic mass is 32.2. The molecule has 4 aromatic carbocycles. The molecular formula is C65H71N15O7S2. The SMILES string of the molecule is C=C(c1ccc(-c2cnc(C)c(-c3nnc(-c4ccccc4OCC)o3)n2)cc1)N(C)C.C=C(c1ccc(-c2cnc(C)c(-c3nnc(NC(C)=O)o3)n2)cc1)N(C)C.Cc1ccsc1-c1nnc(-c2nc(-c3ccc(S(=O)(=O)C(C)C)cc3)cnc2C)o1.[HH].[HH].[HH]. The highest BCUT2D eigenvalue weighted by Gasteiger charge is 2.23. The molecule has 89 heavy (non-hydrogen) atoms. The Morgan fingerprint density at radius 2 is 1.02 bits per heavy atom. The molecule has 0 aliphatic carbocycles. The minimum atomic E-state index is -3.32. The summed E-state index contributed by atoms with van der Waals surface area (Å²) < 4.78 is 47.6. The van der Waals surface area contributed by atoms with Gasteiger partial charge in [0.2, 0.25) is 5.91 Å². The normalized spacial score (nSPS) is 11.1. The molecule has 1 N–H and O–H groups in total. The lowest BCUT2D eigenvalue weighted by molar-refractivity contribution is -0.114. The topological polar surface area (TPSA) is 273 Å². The molecule has 460 valence electrons. The summed E-state index contributed by atoms with van der Waals surface area (Å²) in [6.07, 6.45) is 5.08. The molecule has 0 bridgehead atoms. The Morgan fingerprint density at radius 3 is 1.46 bits per heavy atom. The molecule has 11 rings (SSSR count). The first kappa shape index (κ1) is 63.1. The molecule has 22 nitrogen and oxygen atoms in total. The summed E-state index contributed by atoms with van der Waals surface area (Å²) in [4.78, 5) is 43.6. The van der Waals surface area contributed by atoms with Crippen LogP contribution in [0.25, 0.3) is 102 Å². The van der Waals surface area contributed by atoms with E-state index in [1.54, 1.807) is 63.6 Å². The van der Waals surface area contributed by atoms with Gasteiger partial charge in [0, 0.05) is 67.5 Å². The van der Waals surface area contributed by atoms with Gasteiger partial charge in [-0.05, 0) is 101 Å². The standard InChI is InChI=1S/C25H25N5O2.C21H20N4O3S2.C19H20N6O2.3H2/c1-6-31-22-10-8-7-9-20(22)24-28-29-25(32-24)23-16(2)26-15-21(27-23)19-13-11-18(12-14-19)17(3)30(4)5;1-12(2)30(26,27)16-7-5-15(6-8-16)17-11-22-14(4)18(23-17)20-24-25-21(28-20)19-13(3)9-10-29-19;1-11-17(18-23-24-19(27-18)21-13(3)26)22-16(10-20-11)15-8-6-14(7-9-15)12(2)25(4)5;;;/h7-15H,3,6H2,1-2,4-5H3;5-12H,1-4H3;6-10H,2H2,1,3-5H3,(H,21,24,26);3*1H. The Hall–Kier alpha value is -10.5. The number of carbonyl (C=O) groups excluding carboxylic acids is 1. The van der Waals surface area contributed by atoms with E-state index in [1.807, 2.05) is 150 Å². The van der Waals surface area contributed by atoms with Crippen molar-refractivity contribution in [3.8, 4) is 96.5 Å². The third kappa shape index (κ3) is 14.7. The summed E-state index contributed by atoms with van der Waals surface area (Å²) in [6.45, 7) is 22.8. The number of nitrogens with zero attached hydrogens (tertiary/aromatic N) is 14. The van der Waals surface area contributed by atoms with Gasteiger partial charge in [-0.25, -0.2) is 23.4 Å². The second-order valence-electron chi connectivity index (χ2n) is 20.8. The van der Waals surface area contributed by atoms with Crippen molar-refractivity contribution in [1.82, 2.24) is 70.3 Å². The first-order valence-corrected chi connectivity index (χ1v) is 30.4. The zero-order chi connectivity index (χ0) is 63.7. The summed E-state index contributed by atoms with van der Waals surface area (Å²) in [7, 11) is 4.52. The summed E-state index contributed by atoms with van der Waals surface area (Å²) >= 11 is 1.54.